The molecule has 0 spiro atoms. The molecule has 2 heterocycles. The molecule has 2 saturated heterocycles. The molecule has 0 saturated carbocycles. The fourth-order valence-corrected chi connectivity index (χ4v) is 3.92. The van der Waals surface area contributed by atoms with Crippen LogP contribution >= 0.6 is 11.8 Å². The lowest BCUT2D eigenvalue weighted by Crippen LogP contribution is -2.51. The first-order chi connectivity index (χ1) is 8.91. The van der Waals surface area contributed by atoms with Crippen molar-refractivity contribution < 1.29 is 14.5 Å². The summed E-state index contributed by atoms with van der Waals surface area (Å²) < 4.78 is 12.0. The maximum absolute atomic E-state index is 10.0. The minimum absolute atomic E-state index is 0.0737. The number of nitrogens with zero attached hydrogens (tertiary/aromatic N) is 2. The summed E-state index contributed by atoms with van der Waals surface area (Å²) in [6.45, 7) is 5.54. The lowest BCUT2D eigenvalue weighted by Gasteiger charge is -2.33. The van der Waals surface area contributed by atoms with Gasteiger partial charge in [0.1, 0.15) is 12.2 Å². The van der Waals surface area contributed by atoms with Crippen molar-refractivity contribution in [3.8, 4) is 6.07 Å². The van der Waals surface area contributed by atoms with Crippen molar-refractivity contribution >= 4 is 18.8 Å². The molecule has 0 aliphatic carbocycles. The van der Waals surface area contributed by atoms with Crippen molar-refractivity contribution in [3.05, 3.63) is 0 Å². The van der Waals surface area contributed by atoms with Gasteiger partial charge in [0.2, 0.25) is 0 Å². The second kappa shape index (κ2) is 5.62. The van der Waals surface area contributed by atoms with Crippen LogP contribution in [0.3, 0.4) is 0 Å². The molecule has 0 aromatic carbocycles. The van der Waals surface area contributed by atoms with Crippen LogP contribution in [0.4, 0.5) is 0 Å². The van der Waals surface area contributed by atoms with E-state index in [9.17, 15) is 5.02 Å². The molecule has 106 valence electrons. The van der Waals surface area contributed by atoms with Gasteiger partial charge in [-0.25, -0.2) is 0 Å². The molecule has 0 aromatic rings. The van der Waals surface area contributed by atoms with Crippen LogP contribution < -0.4 is 0 Å². The van der Waals surface area contributed by atoms with E-state index in [0.717, 1.165) is 5.75 Å². The van der Waals surface area contributed by atoms with E-state index in [4.69, 9.17) is 14.7 Å². The average Bonchev–Trinajstić information content (AvgIpc) is 2.74. The van der Waals surface area contributed by atoms with E-state index in [1.807, 2.05) is 24.9 Å². The number of nitriles is 1. The third-order valence-corrected chi connectivity index (χ3v) is 4.43. The Hall–Kier alpha value is -0.255. The van der Waals surface area contributed by atoms with Gasteiger partial charge in [-0.05, 0) is 26.9 Å². The molecule has 0 bridgehead atoms. The van der Waals surface area contributed by atoms with Gasteiger partial charge in [-0.3, -0.25) is 0 Å². The zero-order valence-electron chi connectivity index (χ0n) is 11.9. The molecule has 2 aliphatic heterocycles. The first-order valence-corrected chi connectivity index (χ1v) is 7.97. The number of hydrogen-bond acceptors (Lipinski definition) is 6. The van der Waals surface area contributed by atoms with Crippen LogP contribution in [0.5, 0.6) is 0 Å². The molecule has 2 fully saturated rings. The second-order valence-electron chi connectivity index (χ2n) is 5.60. The van der Waals surface area contributed by atoms with E-state index in [1.165, 1.54) is 0 Å². The Kier molecular flexibility index (Phi) is 4.48. The Morgan fingerprint density at radius 3 is 2.42 bits per heavy atom. The Morgan fingerprint density at radius 1 is 1.37 bits per heavy atom. The van der Waals surface area contributed by atoms with Gasteiger partial charge in [0.05, 0.1) is 12.5 Å². The van der Waals surface area contributed by atoms with Crippen LogP contribution in [0.1, 0.15) is 20.3 Å². The molecule has 0 amide bonds. The normalized spacial score (nSPS) is 37.1. The third-order valence-electron chi connectivity index (χ3n) is 3.76. The van der Waals surface area contributed by atoms with Crippen molar-refractivity contribution in [2.75, 3.05) is 12.0 Å². The first kappa shape index (κ1) is 15.1. The smallest absolute Gasteiger partial charge is 0.377 e. The maximum atomic E-state index is 10.0. The van der Waals surface area contributed by atoms with E-state index < -0.39 is 12.8 Å². The summed E-state index contributed by atoms with van der Waals surface area (Å²) in [5, 5.41) is 19.1. The van der Waals surface area contributed by atoms with Gasteiger partial charge in [0.25, 0.3) is 0 Å². The summed E-state index contributed by atoms with van der Waals surface area (Å²) >= 11 is 1.72. The first-order valence-electron chi connectivity index (χ1n) is 6.58. The van der Waals surface area contributed by atoms with Gasteiger partial charge < -0.3 is 19.3 Å². The molecule has 4 atom stereocenters. The monoisotopic (exact) mass is 284 g/mol. The number of hydrogen-bond donors (Lipinski definition) is 1. The van der Waals surface area contributed by atoms with E-state index in [0.29, 0.717) is 6.42 Å². The molecule has 7 heteroatoms. The lowest BCUT2D eigenvalue weighted by atomic mass is 9.82. The Bertz CT molecular complexity index is 374. The number of ether oxygens (including phenoxy) is 2. The van der Waals surface area contributed by atoms with Crippen molar-refractivity contribution in [3.63, 3.8) is 0 Å². The fourth-order valence-electron chi connectivity index (χ4n) is 3.22. The van der Waals surface area contributed by atoms with E-state index >= 15 is 0 Å². The largest absolute Gasteiger partial charge is 0.437 e. The third kappa shape index (κ3) is 2.78. The molecule has 2 aliphatic rings. The van der Waals surface area contributed by atoms with Gasteiger partial charge in [0, 0.05) is 17.8 Å². The van der Waals surface area contributed by atoms with Crippen molar-refractivity contribution in [1.82, 2.24) is 4.81 Å². The van der Waals surface area contributed by atoms with Crippen LogP contribution in [0, 0.1) is 11.3 Å². The highest BCUT2D eigenvalue weighted by atomic mass is 32.2. The summed E-state index contributed by atoms with van der Waals surface area (Å²) in [5.41, 5.74) is 0. The standard InChI is InChI=1S/C12H21BN2O3S/c1-12(2)17-10-8(5-6-14)15(13(3)16)9(7-19-4)11(10)18-12/h8-11,16H,5,7H2,1-4H3/t8-,9+,10-,11+/m0/s1. The zero-order chi connectivity index (χ0) is 14.2. The molecule has 5 nitrogen and oxygen atoms in total. The zero-order valence-corrected chi connectivity index (χ0v) is 12.7. The van der Waals surface area contributed by atoms with Gasteiger partial charge in [-0.2, -0.15) is 17.0 Å². The van der Waals surface area contributed by atoms with Gasteiger partial charge in [0.15, 0.2) is 5.79 Å². The van der Waals surface area contributed by atoms with E-state index in [-0.39, 0.29) is 24.3 Å². The molecule has 0 unspecified atom stereocenters. The highest BCUT2D eigenvalue weighted by molar-refractivity contribution is 7.98. The van der Waals surface area contributed by atoms with Gasteiger partial charge >= 0.3 is 7.05 Å². The highest BCUT2D eigenvalue weighted by Crippen LogP contribution is 2.42. The molecule has 19 heavy (non-hydrogen) atoms. The van der Waals surface area contributed by atoms with E-state index in [1.54, 1.807) is 18.6 Å². The molecule has 1 N–H and O–H groups in total. The molecule has 2 rings (SSSR count). The number of thioether (sulfide) groups is 1. The lowest BCUT2D eigenvalue weighted by molar-refractivity contribution is -0.162. The molecular weight excluding hydrogens is 263 g/mol. The quantitative estimate of drug-likeness (QED) is 0.775. The summed E-state index contributed by atoms with van der Waals surface area (Å²) in [6, 6.07) is 2.18. The van der Waals surface area contributed by atoms with Crippen LogP contribution in [0.25, 0.3) is 0 Å². The summed E-state index contributed by atoms with van der Waals surface area (Å²) in [4.78, 5) is 1.98. The molecule has 0 radical (unpaired) electrons. The molecular formula is C12H21BN2O3S. The topological polar surface area (TPSA) is 65.7 Å². The van der Waals surface area contributed by atoms with Crippen LogP contribution in [-0.2, 0) is 9.47 Å². The Labute approximate surface area is 119 Å². The van der Waals surface area contributed by atoms with Crippen molar-refractivity contribution in [1.29, 1.82) is 5.26 Å². The van der Waals surface area contributed by atoms with Crippen LogP contribution in [0.2, 0.25) is 6.82 Å². The average molecular weight is 284 g/mol. The molecule has 0 aromatic heterocycles. The predicted octanol–water partition coefficient (Wildman–Crippen LogP) is 0.946. The Balaban J connectivity index is 2.28. The van der Waals surface area contributed by atoms with Crippen LogP contribution in [-0.4, -0.2) is 59.0 Å². The van der Waals surface area contributed by atoms with E-state index in [2.05, 4.69) is 6.07 Å². The highest BCUT2D eigenvalue weighted by Gasteiger charge is 2.58. The van der Waals surface area contributed by atoms with Crippen molar-refractivity contribution in [2.24, 2.45) is 0 Å². The summed E-state index contributed by atoms with van der Waals surface area (Å²) in [6.07, 6.45) is 2.17. The SMILES string of the molecule is CSC[C@@H]1[C@H]2OC(C)(C)O[C@H]2[C@H](CC#N)N1B(C)O. The fraction of sp³-hybridized carbons (Fsp3) is 0.917. The predicted molar refractivity (Wildman–Crippen MR) is 75.7 cm³/mol. The number of rotatable bonds is 4. The summed E-state index contributed by atoms with van der Waals surface area (Å²) in [5.74, 6) is 0.248. The maximum Gasteiger partial charge on any atom is 0.377 e. The van der Waals surface area contributed by atoms with Gasteiger partial charge in [-0.15, -0.1) is 0 Å². The minimum atomic E-state index is -0.607. The summed E-state index contributed by atoms with van der Waals surface area (Å²) in [7, 11) is -0.601. The second-order valence-corrected chi connectivity index (χ2v) is 6.51. The number of fused-ring (bicyclic) bond motifs is 1. The van der Waals surface area contributed by atoms with Gasteiger partial charge in [-0.1, -0.05) is 0 Å². The van der Waals surface area contributed by atoms with Crippen LogP contribution in [0.15, 0.2) is 0 Å². The minimum Gasteiger partial charge on any atom is -0.437 e. The van der Waals surface area contributed by atoms with Crippen molar-refractivity contribution in [2.45, 2.75) is 57.2 Å². The Morgan fingerprint density at radius 2 is 1.95 bits per heavy atom.